The maximum atomic E-state index is 12.9. The molecular formula is C19H17F3N4O3. The summed E-state index contributed by atoms with van der Waals surface area (Å²) in [7, 11) is 0. The number of anilines is 1. The van der Waals surface area contributed by atoms with Crippen LogP contribution in [0.3, 0.4) is 0 Å². The van der Waals surface area contributed by atoms with Crippen LogP contribution < -0.4 is 5.32 Å². The SMILES string of the molecule is Oc1cc(C(F)(F)F)ccc1-c1nnc(NC[C@]2(O)CCOC2)c2cnccc12. The van der Waals surface area contributed by atoms with Crippen molar-refractivity contribution in [1.82, 2.24) is 15.2 Å². The van der Waals surface area contributed by atoms with Crippen LogP contribution in [0.4, 0.5) is 19.0 Å². The number of benzene rings is 1. The summed E-state index contributed by atoms with van der Waals surface area (Å²) >= 11 is 0. The molecule has 10 heteroatoms. The van der Waals surface area contributed by atoms with Gasteiger partial charge in [0.15, 0.2) is 5.82 Å². The van der Waals surface area contributed by atoms with Crippen LogP contribution in [0.15, 0.2) is 36.7 Å². The standard InChI is InChI=1S/C19H17F3N4O3/c20-19(21,22)11-1-2-13(15(27)7-11)16-12-3-5-23-8-14(12)17(26-25-16)24-9-18(28)4-6-29-10-18/h1-3,5,7-8,27-28H,4,6,9-10H2,(H,24,26)/t18-/m1/s1. The predicted octanol–water partition coefficient (Wildman–Crippen LogP) is 2.98. The number of aliphatic hydroxyl groups is 1. The van der Waals surface area contributed by atoms with E-state index in [2.05, 4.69) is 20.5 Å². The molecule has 3 heterocycles. The average molecular weight is 406 g/mol. The largest absolute Gasteiger partial charge is 0.507 e. The van der Waals surface area contributed by atoms with Crippen molar-refractivity contribution in [3.63, 3.8) is 0 Å². The Morgan fingerprint density at radius 2 is 2.00 bits per heavy atom. The van der Waals surface area contributed by atoms with Gasteiger partial charge in [0.05, 0.1) is 12.2 Å². The lowest BCUT2D eigenvalue weighted by molar-refractivity contribution is -0.137. The number of aromatic hydroxyl groups is 1. The van der Waals surface area contributed by atoms with Gasteiger partial charge in [0, 0.05) is 48.3 Å². The van der Waals surface area contributed by atoms with Gasteiger partial charge >= 0.3 is 6.18 Å². The minimum absolute atomic E-state index is 0.121. The quantitative estimate of drug-likeness (QED) is 0.612. The van der Waals surface area contributed by atoms with Gasteiger partial charge in [0.2, 0.25) is 0 Å². The number of aromatic nitrogens is 3. The minimum atomic E-state index is -4.56. The second-order valence-electron chi connectivity index (χ2n) is 6.93. The maximum Gasteiger partial charge on any atom is 0.416 e. The Morgan fingerprint density at radius 1 is 1.17 bits per heavy atom. The van der Waals surface area contributed by atoms with E-state index >= 15 is 0 Å². The Balaban J connectivity index is 1.72. The molecule has 0 radical (unpaired) electrons. The Hall–Kier alpha value is -2.98. The van der Waals surface area contributed by atoms with E-state index in [4.69, 9.17) is 4.74 Å². The van der Waals surface area contributed by atoms with Crippen LogP contribution in [-0.2, 0) is 10.9 Å². The van der Waals surface area contributed by atoms with Crippen LogP contribution in [0.1, 0.15) is 12.0 Å². The van der Waals surface area contributed by atoms with Gasteiger partial charge in [-0.1, -0.05) is 0 Å². The molecule has 1 fully saturated rings. The summed E-state index contributed by atoms with van der Waals surface area (Å²) in [4.78, 5) is 4.07. The molecule has 4 rings (SSSR count). The average Bonchev–Trinajstić information content (AvgIpc) is 3.12. The van der Waals surface area contributed by atoms with Crippen LogP contribution in [0.25, 0.3) is 22.0 Å². The number of nitrogens with one attached hydrogen (secondary N) is 1. The number of phenols is 1. The highest BCUT2D eigenvalue weighted by Crippen LogP contribution is 2.38. The second kappa shape index (κ2) is 7.12. The van der Waals surface area contributed by atoms with E-state index in [1.54, 1.807) is 6.07 Å². The van der Waals surface area contributed by atoms with Gasteiger partial charge < -0.3 is 20.3 Å². The van der Waals surface area contributed by atoms with Crippen LogP contribution in [0.2, 0.25) is 0 Å². The highest BCUT2D eigenvalue weighted by molar-refractivity contribution is 6.00. The number of ether oxygens (including phenoxy) is 1. The summed E-state index contributed by atoms with van der Waals surface area (Å²) in [6, 6.07) is 4.33. The summed E-state index contributed by atoms with van der Waals surface area (Å²) in [5, 5.41) is 32.9. The van der Waals surface area contributed by atoms with Gasteiger partial charge in [-0.25, -0.2) is 0 Å². The fraction of sp³-hybridized carbons (Fsp3) is 0.316. The third-order valence-corrected chi connectivity index (χ3v) is 4.83. The normalized spacial score (nSPS) is 19.6. The molecule has 0 amide bonds. The molecule has 1 saturated heterocycles. The number of fused-ring (bicyclic) bond motifs is 1. The first kappa shape index (κ1) is 19.3. The van der Waals surface area contributed by atoms with Crippen molar-refractivity contribution in [2.24, 2.45) is 0 Å². The van der Waals surface area contributed by atoms with Gasteiger partial charge in [-0.3, -0.25) is 4.98 Å². The fourth-order valence-electron chi connectivity index (χ4n) is 3.22. The van der Waals surface area contributed by atoms with E-state index in [-0.39, 0.29) is 24.4 Å². The Kier molecular flexibility index (Phi) is 4.75. The summed E-state index contributed by atoms with van der Waals surface area (Å²) in [6.45, 7) is 0.871. The first-order valence-electron chi connectivity index (χ1n) is 8.82. The Bertz CT molecular complexity index is 1050. The van der Waals surface area contributed by atoms with Crippen molar-refractivity contribution in [3.05, 3.63) is 42.2 Å². The highest BCUT2D eigenvalue weighted by atomic mass is 19.4. The van der Waals surface area contributed by atoms with Crippen molar-refractivity contribution >= 4 is 16.6 Å². The van der Waals surface area contributed by atoms with Crippen molar-refractivity contribution in [3.8, 4) is 17.0 Å². The molecule has 29 heavy (non-hydrogen) atoms. The summed E-state index contributed by atoms with van der Waals surface area (Å²) in [6.07, 6.45) is -1.03. The number of pyridine rings is 1. The lowest BCUT2D eigenvalue weighted by Crippen LogP contribution is -2.37. The first-order valence-corrected chi connectivity index (χ1v) is 8.82. The smallest absolute Gasteiger partial charge is 0.416 e. The molecule has 2 aromatic heterocycles. The topological polar surface area (TPSA) is 100 Å². The van der Waals surface area contributed by atoms with E-state index in [0.717, 1.165) is 12.1 Å². The van der Waals surface area contributed by atoms with E-state index in [1.165, 1.54) is 12.4 Å². The number of phenolic OH excluding ortho intramolecular Hbond substituents is 1. The number of hydrogen-bond donors (Lipinski definition) is 3. The molecule has 0 spiro atoms. The van der Waals surface area contributed by atoms with Crippen LogP contribution in [0, 0.1) is 0 Å². The third kappa shape index (κ3) is 3.81. The second-order valence-corrected chi connectivity index (χ2v) is 6.93. The molecule has 0 aliphatic carbocycles. The predicted molar refractivity (Wildman–Crippen MR) is 98.3 cm³/mol. The monoisotopic (exact) mass is 406 g/mol. The zero-order chi connectivity index (χ0) is 20.6. The minimum Gasteiger partial charge on any atom is -0.507 e. The van der Waals surface area contributed by atoms with E-state index in [0.29, 0.717) is 35.7 Å². The molecular weight excluding hydrogens is 389 g/mol. The third-order valence-electron chi connectivity index (χ3n) is 4.83. The lowest BCUT2D eigenvalue weighted by Gasteiger charge is -2.21. The van der Waals surface area contributed by atoms with Crippen molar-refractivity contribution in [1.29, 1.82) is 0 Å². The molecule has 7 nitrogen and oxygen atoms in total. The number of alkyl halides is 3. The molecule has 1 atom stereocenters. The molecule has 1 aromatic carbocycles. The molecule has 1 aliphatic rings. The van der Waals surface area contributed by atoms with Crippen molar-refractivity contribution < 1.29 is 28.1 Å². The van der Waals surface area contributed by atoms with E-state index in [9.17, 15) is 23.4 Å². The summed E-state index contributed by atoms with van der Waals surface area (Å²) in [5.74, 6) is -0.186. The van der Waals surface area contributed by atoms with E-state index in [1.807, 2.05) is 0 Å². The van der Waals surface area contributed by atoms with Crippen LogP contribution in [0.5, 0.6) is 5.75 Å². The zero-order valence-corrected chi connectivity index (χ0v) is 15.1. The lowest BCUT2D eigenvalue weighted by atomic mass is 10.0. The van der Waals surface area contributed by atoms with Crippen molar-refractivity contribution in [2.75, 3.05) is 25.1 Å². The zero-order valence-electron chi connectivity index (χ0n) is 15.1. The molecule has 3 aromatic rings. The van der Waals surface area contributed by atoms with Crippen LogP contribution >= 0.6 is 0 Å². The first-order chi connectivity index (χ1) is 13.8. The molecule has 1 aliphatic heterocycles. The van der Waals surface area contributed by atoms with E-state index < -0.39 is 23.1 Å². The number of nitrogens with zero attached hydrogens (tertiary/aromatic N) is 3. The molecule has 152 valence electrons. The van der Waals surface area contributed by atoms with Crippen molar-refractivity contribution in [2.45, 2.75) is 18.2 Å². The highest BCUT2D eigenvalue weighted by Gasteiger charge is 2.33. The van der Waals surface area contributed by atoms with Crippen LogP contribution in [-0.4, -0.2) is 50.8 Å². The summed E-state index contributed by atoms with van der Waals surface area (Å²) in [5.41, 5.74) is -1.62. The fourth-order valence-corrected chi connectivity index (χ4v) is 3.22. The number of hydrogen-bond acceptors (Lipinski definition) is 7. The Labute approximate surface area is 163 Å². The molecule has 3 N–H and O–H groups in total. The number of rotatable bonds is 4. The molecule has 0 saturated carbocycles. The van der Waals surface area contributed by atoms with Gasteiger partial charge in [-0.2, -0.15) is 13.2 Å². The molecule has 0 bridgehead atoms. The van der Waals surface area contributed by atoms with Gasteiger partial charge in [-0.15, -0.1) is 10.2 Å². The van der Waals surface area contributed by atoms with Gasteiger partial charge in [0.25, 0.3) is 0 Å². The Morgan fingerprint density at radius 3 is 2.69 bits per heavy atom. The van der Waals surface area contributed by atoms with Gasteiger partial charge in [0.1, 0.15) is 17.0 Å². The van der Waals surface area contributed by atoms with Gasteiger partial charge in [-0.05, 0) is 24.3 Å². The number of halogens is 3. The maximum absolute atomic E-state index is 12.9. The summed E-state index contributed by atoms with van der Waals surface area (Å²) < 4.78 is 43.8. The molecule has 0 unspecified atom stereocenters.